The average molecular weight is 486 g/mol. The van der Waals surface area contributed by atoms with Crippen molar-refractivity contribution in [2.75, 3.05) is 12.3 Å². The lowest BCUT2D eigenvalue weighted by molar-refractivity contribution is -0.0174. The number of nitrogens with zero attached hydrogens (tertiary/aromatic N) is 5. The number of anilines is 1. The number of hydrogen-bond acceptors (Lipinski definition) is 11. The fourth-order valence-electron chi connectivity index (χ4n) is 3.52. The lowest BCUT2D eigenvalue weighted by Gasteiger charge is -2.23. The molecule has 0 saturated carbocycles. The number of aromatic nitrogens is 4. The molecule has 1 unspecified atom stereocenters. The first kappa shape index (κ1) is 22.5. The van der Waals surface area contributed by atoms with Gasteiger partial charge in [0, 0.05) is 11.3 Å². The lowest BCUT2D eigenvalue weighted by Crippen LogP contribution is -2.28. The fraction of sp³-hybridized carbons (Fsp3) is 0.0833. The third kappa shape index (κ3) is 3.85. The summed E-state index contributed by atoms with van der Waals surface area (Å²) in [5.74, 6) is -2.10. The molecule has 3 heterocycles. The molecule has 6 N–H and O–H groups in total. The minimum absolute atomic E-state index is 0.186. The highest BCUT2D eigenvalue weighted by atomic mass is 16.7. The average Bonchev–Trinajstić information content (AvgIpc) is 3.34. The van der Waals surface area contributed by atoms with E-state index in [1.165, 1.54) is 0 Å². The molecular weight excluding hydrogens is 468 g/mol. The second-order valence-electron chi connectivity index (χ2n) is 7.66. The van der Waals surface area contributed by atoms with Crippen LogP contribution in [0.25, 0.3) is 28.2 Å². The van der Waals surface area contributed by atoms with Crippen molar-refractivity contribution in [3.63, 3.8) is 0 Å². The largest absolute Gasteiger partial charge is 0.505 e. The molecule has 12 nitrogen and oxygen atoms in total. The van der Waals surface area contributed by atoms with Crippen LogP contribution >= 0.6 is 0 Å². The Morgan fingerprint density at radius 1 is 1.03 bits per heavy atom. The number of fused-ring (bicyclic) bond motifs is 1. The fourth-order valence-corrected chi connectivity index (χ4v) is 3.52. The summed E-state index contributed by atoms with van der Waals surface area (Å²) in [5, 5.41) is 47.8. The molecule has 0 aliphatic carbocycles. The third-order valence-electron chi connectivity index (χ3n) is 5.40. The predicted octanol–water partition coefficient (Wildman–Crippen LogP) is 2.76. The Balaban J connectivity index is 1.45. The van der Waals surface area contributed by atoms with Gasteiger partial charge in [-0.15, -0.1) is 0 Å². The minimum Gasteiger partial charge on any atom is -0.505 e. The third-order valence-corrected chi connectivity index (χ3v) is 5.40. The highest BCUT2D eigenvalue weighted by Gasteiger charge is 2.32. The molecule has 0 amide bonds. The van der Waals surface area contributed by atoms with E-state index in [1.807, 2.05) is 0 Å². The van der Waals surface area contributed by atoms with Gasteiger partial charge in [0.2, 0.25) is 11.5 Å². The van der Waals surface area contributed by atoms with Crippen molar-refractivity contribution in [3.8, 4) is 28.9 Å². The Morgan fingerprint density at radius 3 is 2.42 bits per heavy atom. The van der Waals surface area contributed by atoms with E-state index in [-0.39, 0.29) is 11.6 Å². The van der Waals surface area contributed by atoms with Gasteiger partial charge in [-0.05, 0) is 48.5 Å². The second-order valence-corrected chi connectivity index (χ2v) is 7.66. The van der Waals surface area contributed by atoms with Crippen molar-refractivity contribution in [1.82, 2.24) is 19.5 Å². The summed E-state index contributed by atoms with van der Waals surface area (Å²) in [5.41, 5.74) is 8.91. The molecule has 36 heavy (non-hydrogen) atoms. The quantitative estimate of drug-likeness (QED) is 0.278. The SMILES string of the molecule is N#Cc1ccc(-n2cnc3c(N)nc(-c4ccc(OC5=C(O)C(O)=C(O)C(CO)O5)cc4)nc32)cc1. The zero-order valence-corrected chi connectivity index (χ0v) is 18.4. The maximum absolute atomic E-state index is 10.00. The number of benzene rings is 2. The van der Waals surface area contributed by atoms with Gasteiger partial charge in [0.1, 0.15) is 12.1 Å². The van der Waals surface area contributed by atoms with Gasteiger partial charge >= 0.3 is 5.95 Å². The van der Waals surface area contributed by atoms with Crippen molar-refractivity contribution >= 4 is 17.0 Å². The number of rotatable bonds is 5. The normalized spacial score (nSPS) is 15.6. The van der Waals surface area contributed by atoms with Crippen LogP contribution in [-0.2, 0) is 4.74 Å². The smallest absolute Gasteiger partial charge is 0.333 e. The van der Waals surface area contributed by atoms with E-state index < -0.39 is 35.9 Å². The zero-order chi connectivity index (χ0) is 25.4. The Morgan fingerprint density at radius 2 is 1.75 bits per heavy atom. The summed E-state index contributed by atoms with van der Waals surface area (Å²) in [7, 11) is 0. The molecule has 4 aromatic rings. The predicted molar refractivity (Wildman–Crippen MR) is 126 cm³/mol. The molecule has 0 fully saturated rings. The molecule has 5 rings (SSSR count). The van der Waals surface area contributed by atoms with Gasteiger partial charge in [0.15, 0.2) is 34.7 Å². The maximum Gasteiger partial charge on any atom is 0.333 e. The number of ether oxygens (including phenoxy) is 2. The number of aliphatic hydroxyl groups excluding tert-OH is 4. The number of nitrogens with two attached hydrogens (primary N) is 1. The molecular formula is C24H18N6O6. The van der Waals surface area contributed by atoms with E-state index in [0.717, 1.165) is 5.69 Å². The Kier molecular flexibility index (Phi) is 5.51. The van der Waals surface area contributed by atoms with Crippen LogP contribution in [-0.4, -0.2) is 52.7 Å². The van der Waals surface area contributed by atoms with Crippen molar-refractivity contribution in [2.45, 2.75) is 6.10 Å². The van der Waals surface area contributed by atoms with E-state index in [1.54, 1.807) is 59.4 Å². The first-order chi connectivity index (χ1) is 17.4. The number of aliphatic hydroxyl groups is 4. The molecule has 180 valence electrons. The summed E-state index contributed by atoms with van der Waals surface area (Å²) in [6.07, 6.45) is 0.294. The van der Waals surface area contributed by atoms with Crippen LogP contribution in [0, 0.1) is 11.3 Å². The van der Waals surface area contributed by atoms with E-state index in [9.17, 15) is 20.4 Å². The van der Waals surface area contributed by atoms with Gasteiger partial charge in [-0.3, -0.25) is 4.57 Å². The Labute approximate surface area is 203 Å². The summed E-state index contributed by atoms with van der Waals surface area (Å²) in [4.78, 5) is 13.3. The van der Waals surface area contributed by atoms with E-state index in [4.69, 9.17) is 20.5 Å². The van der Waals surface area contributed by atoms with Crippen molar-refractivity contribution in [1.29, 1.82) is 5.26 Å². The lowest BCUT2D eigenvalue weighted by atomic mass is 10.2. The van der Waals surface area contributed by atoms with E-state index in [2.05, 4.69) is 21.0 Å². The minimum atomic E-state index is -1.28. The molecule has 1 aliphatic heterocycles. The van der Waals surface area contributed by atoms with Crippen LogP contribution in [0.3, 0.4) is 0 Å². The van der Waals surface area contributed by atoms with Crippen LogP contribution in [0.15, 0.2) is 78.1 Å². The molecule has 2 aromatic heterocycles. The van der Waals surface area contributed by atoms with Gasteiger partial charge in [-0.25, -0.2) is 15.0 Å². The van der Waals surface area contributed by atoms with Gasteiger partial charge < -0.3 is 35.6 Å². The first-order valence-electron chi connectivity index (χ1n) is 10.5. The van der Waals surface area contributed by atoms with Crippen molar-refractivity contribution < 1.29 is 29.9 Å². The van der Waals surface area contributed by atoms with Crippen LogP contribution in [0.1, 0.15) is 5.56 Å². The van der Waals surface area contributed by atoms with Crippen LogP contribution < -0.4 is 10.5 Å². The number of nitriles is 1. The van der Waals surface area contributed by atoms with Gasteiger partial charge in [0.05, 0.1) is 18.2 Å². The standard InChI is InChI=1S/C24H18N6O6/c25-9-12-1-5-14(6-2-12)30-11-27-17-21(26)28-22(29-23(17)30)13-3-7-15(8-4-13)35-24-20(34)19(33)18(32)16(10-31)36-24/h1-8,11,16,31-34H,10H2,(H2,26,28,29). The number of imidazole rings is 1. The summed E-state index contributed by atoms with van der Waals surface area (Å²) in [6, 6.07) is 15.4. The van der Waals surface area contributed by atoms with Crippen LogP contribution in [0.2, 0.25) is 0 Å². The molecule has 0 saturated heterocycles. The molecule has 12 heteroatoms. The second kappa shape index (κ2) is 8.82. The molecule has 2 aromatic carbocycles. The van der Waals surface area contributed by atoms with Gasteiger partial charge in [-0.2, -0.15) is 5.26 Å². The molecule has 0 bridgehead atoms. The van der Waals surface area contributed by atoms with Crippen LogP contribution in [0.4, 0.5) is 5.82 Å². The topological polar surface area (TPSA) is 193 Å². The number of hydrogen-bond donors (Lipinski definition) is 5. The first-order valence-corrected chi connectivity index (χ1v) is 10.5. The van der Waals surface area contributed by atoms with Gasteiger partial charge in [0.25, 0.3) is 0 Å². The van der Waals surface area contributed by atoms with Crippen molar-refractivity contribution in [2.24, 2.45) is 0 Å². The Hall–Kier alpha value is -5.28. The monoisotopic (exact) mass is 486 g/mol. The molecule has 1 aliphatic rings. The highest BCUT2D eigenvalue weighted by Crippen LogP contribution is 2.29. The summed E-state index contributed by atoms with van der Waals surface area (Å²) in [6.45, 7) is -0.644. The molecule has 0 radical (unpaired) electrons. The zero-order valence-electron chi connectivity index (χ0n) is 18.4. The van der Waals surface area contributed by atoms with E-state index >= 15 is 0 Å². The molecule has 1 atom stereocenters. The number of nitrogen functional groups attached to an aromatic ring is 1. The molecule has 0 spiro atoms. The van der Waals surface area contributed by atoms with Crippen molar-refractivity contribution in [3.05, 3.63) is 83.6 Å². The van der Waals surface area contributed by atoms with Gasteiger partial charge in [-0.1, -0.05) is 0 Å². The Bertz CT molecular complexity index is 1570. The van der Waals surface area contributed by atoms with Crippen LogP contribution in [0.5, 0.6) is 5.75 Å². The maximum atomic E-state index is 10.00. The summed E-state index contributed by atoms with van der Waals surface area (Å²) < 4.78 is 12.4. The highest BCUT2D eigenvalue weighted by molar-refractivity contribution is 5.85. The van der Waals surface area contributed by atoms with E-state index in [0.29, 0.717) is 28.1 Å². The summed E-state index contributed by atoms with van der Waals surface area (Å²) >= 11 is 0.